The summed E-state index contributed by atoms with van der Waals surface area (Å²) in [6.07, 6.45) is 5.18. The Morgan fingerprint density at radius 2 is 2.00 bits per heavy atom. The van der Waals surface area contributed by atoms with Crippen LogP contribution >= 0.6 is 0 Å². The Balaban J connectivity index is 1.21. The number of hydrogen-bond acceptors (Lipinski definition) is 4. The van der Waals surface area contributed by atoms with Gasteiger partial charge in [-0.1, -0.05) is 6.07 Å². The summed E-state index contributed by atoms with van der Waals surface area (Å²) in [6, 6.07) is 8.80. The van der Waals surface area contributed by atoms with Gasteiger partial charge in [0.25, 0.3) is 0 Å². The Labute approximate surface area is 168 Å². The summed E-state index contributed by atoms with van der Waals surface area (Å²) in [5, 5.41) is 3.96. The topological polar surface area (TPSA) is 64.3 Å². The Kier molecular flexibility index (Phi) is 4.67. The average molecular weight is 393 g/mol. The molecule has 2 N–H and O–H groups in total. The second-order valence-corrected chi connectivity index (χ2v) is 7.87. The third-order valence-electron chi connectivity index (χ3n) is 6.08. The van der Waals surface area contributed by atoms with Crippen LogP contribution in [0.2, 0.25) is 0 Å². The van der Waals surface area contributed by atoms with E-state index in [0.717, 1.165) is 61.4 Å². The summed E-state index contributed by atoms with van der Waals surface area (Å²) in [4.78, 5) is 24.7. The normalized spacial score (nSPS) is 20.0. The third-order valence-corrected chi connectivity index (χ3v) is 6.08. The van der Waals surface area contributed by atoms with Crippen molar-refractivity contribution in [2.45, 2.75) is 18.8 Å². The number of piperazine rings is 1. The maximum Gasteiger partial charge on any atom is 0.224 e. The molecule has 2 aliphatic heterocycles. The van der Waals surface area contributed by atoms with Crippen molar-refractivity contribution in [1.82, 2.24) is 14.9 Å². The van der Waals surface area contributed by atoms with Crippen LogP contribution in [-0.2, 0) is 4.79 Å². The van der Waals surface area contributed by atoms with E-state index >= 15 is 0 Å². The van der Waals surface area contributed by atoms with Crippen LogP contribution in [0.5, 0.6) is 0 Å². The van der Waals surface area contributed by atoms with Crippen molar-refractivity contribution in [3.63, 3.8) is 0 Å². The molecule has 2 aliphatic rings. The second-order valence-electron chi connectivity index (χ2n) is 7.87. The molecule has 1 amide bonds. The van der Waals surface area contributed by atoms with E-state index in [1.807, 2.05) is 24.5 Å². The summed E-state index contributed by atoms with van der Waals surface area (Å²) in [5.74, 6) is 0.853. The molecule has 3 aromatic rings. The van der Waals surface area contributed by atoms with Crippen molar-refractivity contribution in [2.24, 2.45) is 0 Å². The summed E-state index contributed by atoms with van der Waals surface area (Å²) in [5.41, 5.74) is 2.79. The van der Waals surface area contributed by atoms with Crippen LogP contribution in [0.15, 0.2) is 42.7 Å². The molecule has 29 heavy (non-hydrogen) atoms. The van der Waals surface area contributed by atoms with Crippen molar-refractivity contribution in [3.05, 3.63) is 54.1 Å². The predicted octanol–water partition coefficient (Wildman–Crippen LogP) is 3.34. The predicted molar refractivity (Wildman–Crippen MR) is 112 cm³/mol. The standard InChI is InChI=1S/C22H24FN5O/c23-16-1-2-17-15(13-21(29)26-20(17)14-16)5-8-27-9-11-28(12-10-27)22-18-3-6-24-19(18)4-7-25-22/h1-4,6-7,14-15,24H,5,8-13H2,(H,26,29). The number of aromatic nitrogens is 2. The fourth-order valence-corrected chi connectivity index (χ4v) is 4.53. The lowest BCUT2D eigenvalue weighted by atomic mass is 9.87. The molecule has 1 saturated heterocycles. The second kappa shape index (κ2) is 7.48. The van der Waals surface area contributed by atoms with Gasteiger partial charge in [0, 0.05) is 56.1 Å². The number of carbonyl (C=O) groups excluding carboxylic acids is 1. The van der Waals surface area contributed by atoms with Crippen molar-refractivity contribution in [2.75, 3.05) is 42.9 Å². The Morgan fingerprint density at radius 1 is 1.14 bits per heavy atom. The third kappa shape index (κ3) is 3.58. The number of hydrogen-bond donors (Lipinski definition) is 2. The molecule has 1 aromatic carbocycles. The first-order valence-corrected chi connectivity index (χ1v) is 10.2. The zero-order valence-corrected chi connectivity index (χ0v) is 16.2. The van der Waals surface area contributed by atoms with Gasteiger partial charge in [0.1, 0.15) is 11.6 Å². The lowest BCUT2D eigenvalue weighted by molar-refractivity contribution is -0.116. The summed E-state index contributed by atoms with van der Waals surface area (Å²) >= 11 is 0. The fraction of sp³-hybridized carbons (Fsp3) is 0.364. The maximum atomic E-state index is 13.5. The molecule has 0 radical (unpaired) electrons. The van der Waals surface area contributed by atoms with Crippen LogP contribution in [0.4, 0.5) is 15.9 Å². The molecular formula is C22H24FN5O. The first kappa shape index (κ1) is 18.1. The first-order chi connectivity index (χ1) is 14.2. The number of H-pyrrole nitrogens is 1. The highest BCUT2D eigenvalue weighted by Crippen LogP contribution is 2.35. The van der Waals surface area contributed by atoms with E-state index in [1.165, 1.54) is 12.1 Å². The number of fused-ring (bicyclic) bond motifs is 2. The lowest BCUT2D eigenvalue weighted by Gasteiger charge is -2.36. The molecule has 7 heteroatoms. The molecule has 0 bridgehead atoms. The number of halogens is 1. The van der Waals surface area contributed by atoms with E-state index in [9.17, 15) is 9.18 Å². The van der Waals surface area contributed by atoms with Gasteiger partial charge in [0.05, 0.1) is 5.52 Å². The molecule has 2 aromatic heterocycles. The molecule has 5 rings (SSSR count). The highest BCUT2D eigenvalue weighted by Gasteiger charge is 2.27. The van der Waals surface area contributed by atoms with Gasteiger partial charge >= 0.3 is 0 Å². The van der Waals surface area contributed by atoms with E-state index in [1.54, 1.807) is 0 Å². The zero-order valence-electron chi connectivity index (χ0n) is 16.2. The van der Waals surface area contributed by atoms with Crippen molar-refractivity contribution in [3.8, 4) is 0 Å². The minimum atomic E-state index is -0.313. The highest BCUT2D eigenvalue weighted by molar-refractivity contribution is 5.94. The minimum Gasteiger partial charge on any atom is -0.361 e. The SMILES string of the molecule is O=C1CC(CCN2CCN(c3nccc4[nH]ccc34)CC2)c2ccc(F)cc2N1. The highest BCUT2D eigenvalue weighted by atomic mass is 19.1. The van der Waals surface area contributed by atoms with Crippen molar-refractivity contribution >= 4 is 28.3 Å². The molecule has 1 fully saturated rings. The van der Waals surface area contributed by atoms with Gasteiger partial charge in [0.2, 0.25) is 5.91 Å². The molecule has 4 heterocycles. The van der Waals surface area contributed by atoms with Gasteiger partial charge in [-0.05, 0) is 48.7 Å². The van der Waals surface area contributed by atoms with Crippen molar-refractivity contribution < 1.29 is 9.18 Å². The van der Waals surface area contributed by atoms with Gasteiger partial charge in [-0.3, -0.25) is 9.69 Å². The van der Waals surface area contributed by atoms with E-state index in [4.69, 9.17) is 0 Å². The van der Waals surface area contributed by atoms with Gasteiger partial charge in [0.15, 0.2) is 0 Å². The number of benzene rings is 1. The quantitative estimate of drug-likeness (QED) is 0.714. The number of pyridine rings is 1. The monoisotopic (exact) mass is 393 g/mol. The van der Waals surface area contributed by atoms with Gasteiger partial charge in [-0.2, -0.15) is 0 Å². The van der Waals surface area contributed by atoms with E-state index in [2.05, 4.69) is 31.2 Å². The van der Waals surface area contributed by atoms with Crippen molar-refractivity contribution in [1.29, 1.82) is 0 Å². The van der Waals surface area contributed by atoms with Gasteiger partial charge in [-0.15, -0.1) is 0 Å². The zero-order chi connectivity index (χ0) is 19.8. The number of rotatable bonds is 4. The Hall–Kier alpha value is -2.93. The molecule has 150 valence electrons. The number of carbonyl (C=O) groups is 1. The largest absolute Gasteiger partial charge is 0.361 e. The Bertz CT molecular complexity index is 1040. The van der Waals surface area contributed by atoms with Gasteiger partial charge < -0.3 is 15.2 Å². The average Bonchev–Trinajstić information content (AvgIpc) is 3.21. The number of nitrogens with one attached hydrogen (secondary N) is 2. The molecule has 0 aliphatic carbocycles. The van der Waals surface area contributed by atoms with Crippen LogP contribution < -0.4 is 10.2 Å². The number of nitrogens with zero attached hydrogens (tertiary/aromatic N) is 3. The lowest BCUT2D eigenvalue weighted by Crippen LogP contribution is -2.47. The summed E-state index contributed by atoms with van der Waals surface area (Å²) in [6.45, 7) is 4.74. The molecule has 1 atom stereocenters. The molecular weight excluding hydrogens is 369 g/mol. The smallest absolute Gasteiger partial charge is 0.224 e. The minimum absolute atomic E-state index is 0.0245. The van der Waals surface area contributed by atoms with E-state index < -0.39 is 0 Å². The molecule has 1 unspecified atom stereocenters. The van der Waals surface area contributed by atoms with E-state index in [-0.39, 0.29) is 17.6 Å². The Morgan fingerprint density at radius 3 is 2.86 bits per heavy atom. The first-order valence-electron chi connectivity index (χ1n) is 10.2. The van der Waals surface area contributed by atoms with Crippen LogP contribution in [0.25, 0.3) is 10.9 Å². The maximum absolute atomic E-state index is 13.5. The van der Waals surface area contributed by atoms with Gasteiger partial charge in [-0.25, -0.2) is 9.37 Å². The van der Waals surface area contributed by atoms with Crippen LogP contribution in [0.3, 0.4) is 0 Å². The number of amides is 1. The molecule has 6 nitrogen and oxygen atoms in total. The van der Waals surface area contributed by atoms with E-state index in [0.29, 0.717) is 12.1 Å². The number of aromatic amines is 1. The molecule has 0 spiro atoms. The number of anilines is 2. The summed E-state index contributed by atoms with van der Waals surface area (Å²) in [7, 11) is 0. The van der Waals surface area contributed by atoms with Crippen LogP contribution in [0, 0.1) is 5.82 Å². The van der Waals surface area contributed by atoms with Crippen LogP contribution in [-0.4, -0.2) is 53.5 Å². The fourth-order valence-electron chi connectivity index (χ4n) is 4.53. The van der Waals surface area contributed by atoms with Crippen LogP contribution in [0.1, 0.15) is 24.3 Å². The molecule has 0 saturated carbocycles. The summed E-state index contributed by atoms with van der Waals surface area (Å²) < 4.78 is 13.5.